The van der Waals surface area contributed by atoms with Crippen molar-refractivity contribution >= 4 is 41.4 Å². The van der Waals surface area contributed by atoms with Crippen molar-refractivity contribution < 1.29 is 34.2 Å². The molecule has 0 spiro atoms. The number of benzene rings is 1. The van der Waals surface area contributed by atoms with Gasteiger partial charge in [0.25, 0.3) is 0 Å². The van der Waals surface area contributed by atoms with Crippen molar-refractivity contribution in [1.29, 1.82) is 0 Å². The lowest BCUT2D eigenvalue weighted by Gasteiger charge is -2.25. The third kappa shape index (κ3) is 12.3. The summed E-state index contributed by atoms with van der Waals surface area (Å²) < 4.78 is 0. The van der Waals surface area contributed by atoms with E-state index in [2.05, 4.69) is 16.0 Å². The van der Waals surface area contributed by atoms with Gasteiger partial charge in [0.2, 0.25) is 23.6 Å². The van der Waals surface area contributed by atoms with Gasteiger partial charge in [-0.05, 0) is 61.3 Å². The number of nitrogens with one attached hydrogen (secondary N) is 3. The van der Waals surface area contributed by atoms with Gasteiger partial charge in [-0.15, -0.1) is 0 Å². The van der Waals surface area contributed by atoms with E-state index in [0.29, 0.717) is 11.3 Å². The number of primary amides is 1. The predicted molar refractivity (Wildman–Crippen MR) is 144 cm³/mol. The fourth-order valence-electron chi connectivity index (χ4n) is 3.55. The molecule has 0 aliphatic heterocycles. The number of nitrogens with two attached hydrogens (primary N) is 2. The Bertz CT molecular complexity index is 958. The number of phenolic OH excluding ortho intramolecular Hbond substituents is 1. The number of rotatable bonds is 17. The third-order valence-corrected chi connectivity index (χ3v) is 6.25. The SMILES string of the molecule is CSCCC(NC(=O)C(CCC(N)=O)NC(=O)C(N)Cc1ccc(O)cc1)C(=O)NC(CC(C)C)C(=O)O. The van der Waals surface area contributed by atoms with Gasteiger partial charge in [0.05, 0.1) is 6.04 Å². The van der Waals surface area contributed by atoms with Gasteiger partial charge >= 0.3 is 5.97 Å². The van der Waals surface area contributed by atoms with Crippen LogP contribution in [0.5, 0.6) is 5.75 Å². The zero-order valence-corrected chi connectivity index (χ0v) is 22.8. The maximum atomic E-state index is 13.1. The predicted octanol–water partition coefficient (Wildman–Crippen LogP) is -0.134. The van der Waals surface area contributed by atoms with E-state index in [1.54, 1.807) is 12.1 Å². The van der Waals surface area contributed by atoms with Crippen LogP contribution in [0.15, 0.2) is 24.3 Å². The van der Waals surface area contributed by atoms with Crippen LogP contribution in [0.1, 0.15) is 45.1 Å². The minimum atomic E-state index is -1.21. The second-order valence-corrected chi connectivity index (χ2v) is 10.4. The summed E-state index contributed by atoms with van der Waals surface area (Å²) in [6.07, 6.45) is 2.04. The highest BCUT2D eigenvalue weighted by Gasteiger charge is 2.30. The molecule has 0 bridgehead atoms. The smallest absolute Gasteiger partial charge is 0.326 e. The number of hydrogen-bond donors (Lipinski definition) is 7. The maximum Gasteiger partial charge on any atom is 0.326 e. The van der Waals surface area contributed by atoms with Gasteiger partial charge in [0.1, 0.15) is 23.9 Å². The summed E-state index contributed by atoms with van der Waals surface area (Å²) in [5.74, 6) is -3.34. The topological polar surface area (TPSA) is 214 Å². The summed E-state index contributed by atoms with van der Waals surface area (Å²) in [6.45, 7) is 3.65. The number of carbonyl (C=O) groups is 5. The first-order chi connectivity index (χ1) is 17.8. The Morgan fingerprint density at radius 1 is 0.895 bits per heavy atom. The van der Waals surface area contributed by atoms with Crippen molar-refractivity contribution in [1.82, 2.24) is 16.0 Å². The van der Waals surface area contributed by atoms with E-state index in [4.69, 9.17) is 11.5 Å². The van der Waals surface area contributed by atoms with E-state index in [1.807, 2.05) is 20.1 Å². The van der Waals surface area contributed by atoms with Gasteiger partial charge in [0, 0.05) is 6.42 Å². The second kappa shape index (κ2) is 16.5. The first kappa shape index (κ1) is 32.7. The van der Waals surface area contributed by atoms with Crippen molar-refractivity contribution in [2.75, 3.05) is 12.0 Å². The summed E-state index contributed by atoms with van der Waals surface area (Å²) in [5, 5.41) is 26.5. The molecule has 0 saturated carbocycles. The zero-order valence-electron chi connectivity index (χ0n) is 21.9. The highest BCUT2D eigenvalue weighted by atomic mass is 32.2. The fraction of sp³-hybridized carbons (Fsp3) is 0.560. The van der Waals surface area contributed by atoms with E-state index in [1.165, 1.54) is 23.9 Å². The van der Waals surface area contributed by atoms with Gasteiger partial charge < -0.3 is 37.6 Å². The molecule has 4 unspecified atom stereocenters. The molecule has 4 amide bonds. The molecule has 0 aromatic heterocycles. The van der Waals surface area contributed by atoms with Gasteiger partial charge in [-0.3, -0.25) is 19.2 Å². The molecule has 0 saturated heterocycles. The summed E-state index contributed by atoms with van der Waals surface area (Å²) >= 11 is 1.44. The molecule has 0 radical (unpaired) electrons. The summed E-state index contributed by atoms with van der Waals surface area (Å²) in [7, 11) is 0. The molecule has 0 fully saturated rings. The molecule has 4 atom stereocenters. The van der Waals surface area contributed by atoms with Gasteiger partial charge in [-0.1, -0.05) is 26.0 Å². The van der Waals surface area contributed by atoms with Crippen LogP contribution in [0.4, 0.5) is 0 Å². The van der Waals surface area contributed by atoms with Crippen LogP contribution in [0, 0.1) is 5.92 Å². The van der Waals surface area contributed by atoms with E-state index in [-0.39, 0.29) is 43.8 Å². The Morgan fingerprint density at radius 3 is 1.92 bits per heavy atom. The Labute approximate surface area is 226 Å². The molecule has 9 N–H and O–H groups in total. The number of carboxylic acids is 1. The normalized spacial score (nSPS) is 14.1. The van der Waals surface area contributed by atoms with E-state index < -0.39 is 53.8 Å². The first-order valence-corrected chi connectivity index (χ1v) is 13.7. The number of amides is 4. The van der Waals surface area contributed by atoms with Crippen molar-refractivity contribution in [3.63, 3.8) is 0 Å². The summed E-state index contributed by atoms with van der Waals surface area (Å²) in [5.41, 5.74) is 11.9. The minimum absolute atomic E-state index is 0.00909. The highest BCUT2D eigenvalue weighted by molar-refractivity contribution is 7.98. The van der Waals surface area contributed by atoms with Gasteiger partial charge in [0.15, 0.2) is 0 Å². The Hall–Kier alpha value is -3.32. The number of carboxylic acid groups (broad SMARTS) is 1. The largest absolute Gasteiger partial charge is 0.508 e. The standard InChI is InChI=1S/C25H39N5O7S/c1-14(2)12-20(25(36)37)30-24(35)19(10-11-38-3)29-23(34)18(8-9-21(27)32)28-22(33)17(26)13-15-4-6-16(31)7-5-15/h4-7,14,17-20,31H,8-13,26H2,1-3H3,(H2,27,32)(H,28,33)(H,29,34)(H,30,35)(H,36,37). The molecule has 1 rings (SSSR count). The lowest BCUT2D eigenvalue weighted by Crippen LogP contribution is -2.57. The molecule has 38 heavy (non-hydrogen) atoms. The van der Waals surface area contributed by atoms with Crippen LogP contribution in [0.2, 0.25) is 0 Å². The number of aliphatic carboxylic acids is 1. The van der Waals surface area contributed by atoms with Crippen LogP contribution < -0.4 is 27.4 Å². The molecule has 0 aliphatic carbocycles. The number of hydrogen-bond acceptors (Lipinski definition) is 8. The molecule has 1 aromatic carbocycles. The third-order valence-electron chi connectivity index (χ3n) is 5.61. The molecule has 12 nitrogen and oxygen atoms in total. The fourth-order valence-corrected chi connectivity index (χ4v) is 4.03. The number of phenols is 1. The number of carbonyl (C=O) groups excluding carboxylic acids is 4. The average molecular weight is 554 g/mol. The lowest BCUT2D eigenvalue weighted by atomic mass is 10.0. The van der Waals surface area contributed by atoms with Crippen LogP contribution in [0.3, 0.4) is 0 Å². The van der Waals surface area contributed by atoms with E-state index in [9.17, 15) is 34.2 Å². The van der Waals surface area contributed by atoms with Gasteiger partial charge in [-0.2, -0.15) is 11.8 Å². The van der Waals surface area contributed by atoms with Crippen molar-refractivity contribution in [3.8, 4) is 5.75 Å². The van der Waals surface area contributed by atoms with E-state index in [0.717, 1.165) is 0 Å². The van der Waals surface area contributed by atoms with Crippen LogP contribution >= 0.6 is 11.8 Å². The first-order valence-electron chi connectivity index (χ1n) is 12.3. The lowest BCUT2D eigenvalue weighted by molar-refractivity contribution is -0.142. The van der Waals surface area contributed by atoms with Crippen LogP contribution in [-0.2, 0) is 30.4 Å². The van der Waals surface area contributed by atoms with Crippen LogP contribution in [0.25, 0.3) is 0 Å². The number of thioether (sulfide) groups is 1. The summed E-state index contributed by atoms with van der Waals surface area (Å²) in [6, 6.07) is 1.69. The molecule has 1 aromatic rings. The average Bonchev–Trinajstić information content (AvgIpc) is 2.84. The Morgan fingerprint density at radius 2 is 1.42 bits per heavy atom. The molecule has 0 heterocycles. The molecular formula is C25H39N5O7S. The second-order valence-electron chi connectivity index (χ2n) is 9.41. The van der Waals surface area contributed by atoms with Crippen molar-refractivity contribution in [2.45, 2.75) is 70.1 Å². The van der Waals surface area contributed by atoms with Crippen molar-refractivity contribution in [2.24, 2.45) is 17.4 Å². The number of aromatic hydroxyl groups is 1. The Balaban J connectivity index is 2.98. The zero-order chi connectivity index (χ0) is 28.8. The summed E-state index contributed by atoms with van der Waals surface area (Å²) in [4.78, 5) is 61.8. The molecular weight excluding hydrogens is 514 g/mol. The molecule has 212 valence electrons. The van der Waals surface area contributed by atoms with E-state index >= 15 is 0 Å². The van der Waals surface area contributed by atoms with Crippen molar-refractivity contribution in [3.05, 3.63) is 29.8 Å². The highest BCUT2D eigenvalue weighted by Crippen LogP contribution is 2.12. The Kier molecular flexibility index (Phi) is 14.2. The van der Waals surface area contributed by atoms with Crippen LogP contribution in [-0.4, -0.2) is 76.0 Å². The molecule has 0 aliphatic rings. The molecule has 13 heteroatoms. The quantitative estimate of drug-likeness (QED) is 0.137. The maximum absolute atomic E-state index is 13.1. The minimum Gasteiger partial charge on any atom is -0.508 e. The monoisotopic (exact) mass is 553 g/mol. The van der Waals surface area contributed by atoms with Gasteiger partial charge in [-0.25, -0.2) is 4.79 Å².